The van der Waals surface area contributed by atoms with E-state index in [9.17, 15) is 13.2 Å². The van der Waals surface area contributed by atoms with Gasteiger partial charge in [-0.2, -0.15) is 0 Å². The minimum atomic E-state index is -3.61. The Hall–Kier alpha value is -2.38. The maximum atomic E-state index is 12.5. The van der Waals surface area contributed by atoms with Crippen LogP contribution >= 0.6 is 0 Å². The van der Waals surface area contributed by atoms with Gasteiger partial charge in [-0.15, -0.1) is 0 Å². The van der Waals surface area contributed by atoms with E-state index in [0.29, 0.717) is 12.1 Å². The van der Waals surface area contributed by atoms with E-state index in [-0.39, 0.29) is 17.5 Å². The van der Waals surface area contributed by atoms with Gasteiger partial charge in [0.2, 0.25) is 10.0 Å². The number of benzene rings is 2. The molecule has 0 spiro atoms. The van der Waals surface area contributed by atoms with Crippen LogP contribution in [0.15, 0.2) is 59.5 Å². The molecule has 1 amide bonds. The predicted molar refractivity (Wildman–Crippen MR) is 102 cm³/mol. The molecule has 0 aliphatic rings. The molecular formula is C19H24N2O4S. The van der Waals surface area contributed by atoms with Crippen LogP contribution in [0.25, 0.3) is 0 Å². The Morgan fingerprint density at radius 2 is 1.73 bits per heavy atom. The average Bonchev–Trinajstić information content (AvgIpc) is 2.61. The van der Waals surface area contributed by atoms with Gasteiger partial charge in [0.15, 0.2) is 0 Å². The van der Waals surface area contributed by atoms with Gasteiger partial charge < -0.3 is 4.74 Å². The van der Waals surface area contributed by atoms with Crippen molar-refractivity contribution in [2.45, 2.75) is 37.6 Å². The van der Waals surface area contributed by atoms with Crippen LogP contribution in [0.4, 0.5) is 10.5 Å². The lowest BCUT2D eigenvalue weighted by Crippen LogP contribution is -2.32. The fraction of sp³-hybridized carbons (Fsp3) is 0.316. The van der Waals surface area contributed by atoms with Crippen LogP contribution in [0.1, 0.15) is 25.8 Å². The zero-order valence-corrected chi connectivity index (χ0v) is 15.8. The predicted octanol–water partition coefficient (Wildman–Crippen LogP) is 3.55. The quantitative estimate of drug-likeness (QED) is 0.738. The lowest BCUT2D eigenvalue weighted by atomic mass is 10.1. The number of nitrogens with one attached hydrogen (secondary N) is 2. The maximum absolute atomic E-state index is 12.5. The van der Waals surface area contributed by atoms with E-state index in [0.717, 1.165) is 6.42 Å². The minimum absolute atomic E-state index is 0.151. The van der Waals surface area contributed by atoms with Crippen LogP contribution < -0.4 is 10.0 Å². The van der Waals surface area contributed by atoms with E-state index in [1.807, 2.05) is 37.3 Å². The van der Waals surface area contributed by atoms with Crippen molar-refractivity contribution in [3.05, 3.63) is 60.2 Å². The molecule has 0 bridgehead atoms. The molecule has 26 heavy (non-hydrogen) atoms. The summed E-state index contributed by atoms with van der Waals surface area (Å²) in [5, 5.41) is 2.52. The summed E-state index contributed by atoms with van der Waals surface area (Å²) in [5.41, 5.74) is 1.65. The van der Waals surface area contributed by atoms with Crippen molar-refractivity contribution in [3.8, 4) is 0 Å². The van der Waals surface area contributed by atoms with Crippen LogP contribution in [-0.4, -0.2) is 27.2 Å². The molecule has 2 rings (SSSR count). The van der Waals surface area contributed by atoms with Crippen molar-refractivity contribution in [2.24, 2.45) is 0 Å². The molecule has 1 atom stereocenters. The topological polar surface area (TPSA) is 84.5 Å². The molecule has 7 heteroatoms. The summed E-state index contributed by atoms with van der Waals surface area (Å²) in [6.07, 6.45) is 0.925. The molecule has 0 heterocycles. The van der Waals surface area contributed by atoms with Crippen LogP contribution in [0.5, 0.6) is 0 Å². The number of ether oxygens (including phenoxy) is 1. The molecule has 0 aromatic heterocycles. The highest BCUT2D eigenvalue weighted by Crippen LogP contribution is 2.15. The Labute approximate surface area is 154 Å². The molecule has 0 radical (unpaired) electrons. The largest absolute Gasteiger partial charge is 0.450 e. The molecule has 2 aromatic rings. The number of carbonyl (C=O) groups is 1. The van der Waals surface area contributed by atoms with E-state index >= 15 is 0 Å². The lowest BCUT2D eigenvalue weighted by Gasteiger charge is -2.14. The molecule has 0 saturated carbocycles. The molecule has 6 nitrogen and oxygen atoms in total. The number of carbonyl (C=O) groups excluding carboxylic acids is 1. The second kappa shape index (κ2) is 9.35. The van der Waals surface area contributed by atoms with Crippen LogP contribution in [0.3, 0.4) is 0 Å². The first kappa shape index (κ1) is 19.9. The second-order valence-electron chi connectivity index (χ2n) is 5.92. The Kier molecular flexibility index (Phi) is 7.17. The number of rotatable bonds is 8. The van der Waals surface area contributed by atoms with E-state index in [4.69, 9.17) is 4.74 Å². The fourth-order valence-electron chi connectivity index (χ4n) is 2.42. The summed E-state index contributed by atoms with van der Waals surface area (Å²) in [6, 6.07) is 15.7. The molecule has 0 unspecified atom stereocenters. The molecule has 0 saturated heterocycles. The minimum Gasteiger partial charge on any atom is -0.450 e. The summed E-state index contributed by atoms with van der Waals surface area (Å²) in [7, 11) is -3.61. The Bertz CT molecular complexity index is 805. The summed E-state index contributed by atoms with van der Waals surface area (Å²) in [6.45, 7) is 3.82. The third-order valence-electron chi connectivity index (χ3n) is 3.75. The standard InChI is InChI=1S/C19H24N2O4S/c1-3-25-19(22)20-17-11-13-18(14-12-17)26(23,24)21-15(2)9-10-16-7-5-4-6-8-16/h4-8,11-15,21H,3,9-10H2,1-2H3,(H,20,22)/t15-/m1/s1. The van der Waals surface area contributed by atoms with Gasteiger partial charge in [-0.1, -0.05) is 30.3 Å². The second-order valence-corrected chi connectivity index (χ2v) is 7.63. The van der Waals surface area contributed by atoms with Gasteiger partial charge >= 0.3 is 6.09 Å². The first-order valence-corrected chi connectivity index (χ1v) is 9.99. The third-order valence-corrected chi connectivity index (χ3v) is 5.36. The smallest absolute Gasteiger partial charge is 0.411 e. The number of hydrogen-bond donors (Lipinski definition) is 2. The van der Waals surface area contributed by atoms with Crippen LogP contribution in [0, 0.1) is 0 Å². The molecule has 140 valence electrons. The zero-order valence-electron chi connectivity index (χ0n) is 14.9. The van der Waals surface area contributed by atoms with Crippen molar-refractivity contribution >= 4 is 21.8 Å². The van der Waals surface area contributed by atoms with Gasteiger partial charge in [-0.25, -0.2) is 17.9 Å². The number of aryl methyl sites for hydroxylation is 1. The number of hydrogen-bond acceptors (Lipinski definition) is 4. The first-order valence-electron chi connectivity index (χ1n) is 8.51. The van der Waals surface area contributed by atoms with Crippen molar-refractivity contribution in [3.63, 3.8) is 0 Å². The van der Waals surface area contributed by atoms with Crippen molar-refractivity contribution in [1.29, 1.82) is 0 Å². The number of sulfonamides is 1. The fourth-order valence-corrected chi connectivity index (χ4v) is 3.70. The van der Waals surface area contributed by atoms with Crippen LogP contribution in [-0.2, 0) is 21.2 Å². The Balaban J connectivity index is 1.93. The zero-order chi connectivity index (χ0) is 19.0. The van der Waals surface area contributed by atoms with Crippen molar-refractivity contribution < 1.29 is 17.9 Å². The Morgan fingerprint density at radius 1 is 1.08 bits per heavy atom. The summed E-state index contributed by atoms with van der Waals surface area (Å²) < 4.78 is 32.4. The maximum Gasteiger partial charge on any atom is 0.411 e. The monoisotopic (exact) mass is 376 g/mol. The van der Waals surface area contributed by atoms with Gasteiger partial charge in [0.25, 0.3) is 0 Å². The number of anilines is 1. The highest BCUT2D eigenvalue weighted by molar-refractivity contribution is 7.89. The van der Waals surface area contributed by atoms with Gasteiger partial charge in [0.05, 0.1) is 11.5 Å². The van der Waals surface area contributed by atoms with Gasteiger partial charge in [-0.05, 0) is 56.5 Å². The highest BCUT2D eigenvalue weighted by Gasteiger charge is 2.17. The molecular weight excluding hydrogens is 352 g/mol. The highest BCUT2D eigenvalue weighted by atomic mass is 32.2. The molecule has 2 N–H and O–H groups in total. The van der Waals surface area contributed by atoms with Crippen molar-refractivity contribution in [2.75, 3.05) is 11.9 Å². The van der Waals surface area contributed by atoms with E-state index in [1.54, 1.807) is 6.92 Å². The Morgan fingerprint density at radius 3 is 2.35 bits per heavy atom. The summed E-state index contributed by atoms with van der Waals surface area (Å²) in [5.74, 6) is 0. The first-order chi connectivity index (χ1) is 12.4. The molecule has 0 aliphatic heterocycles. The normalized spacial score (nSPS) is 12.4. The molecule has 0 aliphatic carbocycles. The average molecular weight is 376 g/mol. The summed E-state index contributed by atoms with van der Waals surface area (Å²) in [4.78, 5) is 11.5. The van der Waals surface area contributed by atoms with Gasteiger partial charge in [-0.3, -0.25) is 5.32 Å². The lowest BCUT2D eigenvalue weighted by molar-refractivity contribution is 0.168. The van der Waals surface area contributed by atoms with Gasteiger partial charge in [0, 0.05) is 11.7 Å². The third kappa shape index (κ3) is 6.16. The number of amides is 1. The van der Waals surface area contributed by atoms with Gasteiger partial charge in [0.1, 0.15) is 0 Å². The van der Waals surface area contributed by atoms with E-state index < -0.39 is 16.1 Å². The van der Waals surface area contributed by atoms with Crippen molar-refractivity contribution in [1.82, 2.24) is 4.72 Å². The SMILES string of the molecule is CCOC(=O)Nc1ccc(S(=O)(=O)N[C@H](C)CCc2ccccc2)cc1. The molecule has 2 aromatic carbocycles. The van der Waals surface area contributed by atoms with E-state index in [1.165, 1.54) is 29.8 Å². The van der Waals surface area contributed by atoms with E-state index in [2.05, 4.69) is 10.0 Å². The van der Waals surface area contributed by atoms with Crippen LogP contribution in [0.2, 0.25) is 0 Å². The molecule has 0 fully saturated rings. The summed E-state index contributed by atoms with van der Waals surface area (Å²) >= 11 is 0.